The normalized spacial score (nSPS) is 14.6. The fourth-order valence-electron chi connectivity index (χ4n) is 4.12. The van der Waals surface area contributed by atoms with Gasteiger partial charge in [0.2, 0.25) is 0 Å². The van der Waals surface area contributed by atoms with Crippen LogP contribution in [0.1, 0.15) is 22.9 Å². The molecule has 1 saturated heterocycles. The van der Waals surface area contributed by atoms with Gasteiger partial charge in [0.25, 0.3) is 10.0 Å². The van der Waals surface area contributed by atoms with Gasteiger partial charge in [-0.05, 0) is 50.2 Å². The summed E-state index contributed by atoms with van der Waals surface area (Å²) in [6.45, 7) is 6.12. The first-order valence-electron chi connectivity index (χ1n) is 11.8. The summed E-state index contributed by atoms with van der Waals surface area (Å²) in [6, 6.07) is 10.3. The molecule has 1 aliphatic heterocycles. The number of hydrogen-bond donors (Lipinski definition) is 0. The number of sulfonamides is 1. The molecule has 0 aliphatic carbocycles. The highest BCUT2D eigenvalue weighted by Gasteiger charge is 2.28. The molecule has 200 valence electrons. The maximum atomic E-state index is 12.9. The van der Waals surface area contributed by atoms with Gasteiger partial charge in [-0.2, -0.15) is 4.31 Å². The zero-order valence-electron chi connectivity index (χ0n) is 20.9. The SMILES string of the molecule is CC(=O)Oc1c(C)c(-c2cc3cc(OCc4ccc(S(=O)(=O)N5CCOCC5)s4)ccc3o2)oc(=O)c1C. The van der Waals surface area contributed by atoms with Crippen LogP contribution in [0.2, 0.25) is 0 Å². The average Bonchev–Trinajstić information content (AvgIpc) is 3.55. The van der Waals surface area contributed by atoms with Crippen LogP contribution in [0.5, 0.6) is 11.5 Å². The van der Waals surface area contributed by atoms with Gasteiger partial charge in [-0.3, -0.25) is 4.79 Å². The Kier molecular flexibility index (Phi) is 7.14. The molecule has 0 saturated carbocycles. The van der Waals surface area contributed by atoms with E-state index >= 15 is 0 Å². The van der Waals surface area contributed by atoms with E-state index in [2.05, 4.69) is 0 Å². The van der Waals surface area contributed by atoms with Gasteiger partial charge in [0.05, 0.1) is 18.8 Å². The van der Waals surface area contributed by atoms with Crippen molar-refractivity contribution in [3.8, 4) is 23.0 Å². The lowest BCUT2D eigenvalue weighted by atomic mass is 10.1. The zero-order chi connectivity index (χ0) is 27.0. The number of thiophene rings is 1. The average molecular weight is 560 g/mol. The summed E-state index contributed by atoms with van der Waals surface area (Å²) in [4.78, 5) is 24.6. The highest BCUT2D eigenvalue weighted by Crippen LogP contribution is 2.35. The number of benzene rings is 1. The van der Waals surface area contributed by atoms with Gasteiger partial charge in [0, 0.05) is 35.8 Å². The predicted octanol–water partition coefficient (Wildman–Crippen LogP) is 4.26. The van der Waals surface area contributed by atoms with Crippen LogP contribution in [0.25, 0.3) is 22.5 Å². The molecule has 0 atom stereocenters. The van der Waals surface area contributed by atoms with Crippen molar-refractivity contribution in [2.24, 2.45) is 0 Å². The Morgan fingerprint density at radius 2 is 1.82 bits per heavy atom. The van der Waals surface area contributed by atoms with Gasteiger partial charge in [-0.1, -0.05) is 0 Å². The molecule has 0 N–H and O–H groups in total. The fraction of sp³-hybridized carbons (Fsp3) is 0.308. The first-order chi connectivity index (χ1) is 18.1. The number of ether oxygens (including phenoxy) is 3. The predicted molar refractivity (Wildman–Crippen MR) is 139 cm³/mol. The van der Waals surface area contributed by atoms with Gasteiger partial charge in [0.1, 0.15) is 27.9 Å². The zero-order valence-corrected chi connectivity index (χ0v) is 22.6. The minimum Gasteiger partial charge on any atom is -0.488 e. The fourth-order valence-corrected chi connectivity index (χ4v) is 6.95. The molecule has 5 rings (SSSR count). The van der Waals surface area contributed by atoms with Gasteiger partial charge < -0.3 is 23.0 Å². The molecule has 0 amide bonds. The number of morpholine rings is 1. The summed E-state index contributed by atoms with van der Waals surface area (Å²) >= 11 is 1.18. The third kappa shape index (κ3) is 5.12. The van der Waals surface area contributed by atoms with Crippen molar-refractivity contribution in [1.29, 1.82) is 0 Å². The number of fused-ring (bicyclic) bond motifs is 1. The Morgan fingerprint density at radius 1 is 1.05 bits per heavy atom. The topological polar surface area (TPSA) is 125 Å². The Labute approximate surface area is 222 Å². The first-order valence-corrected chi connectivity index (χ1v) is 14.1. The van der Waals surface area contributed by atoms with Crippen LogP contribution in [0, 0.1) is 13.8 Å². The van der Waals surface area contributed by atoms with Crippen LogP contribution in [0.3, 0.4) is 0 Å². The smallest absolute Gasteiger partial charge is 0.343 e. The molecule has 1 aromatic carbocycles. The van der Waals surface area contributed by atoms with Crippen LogP contribution >= 0.6 is 11.3 Å². The van der Waals surface area contributed by atoms with E-state index < -0.39 is 21.6 Å². The molecule has 12 heteroatoms. The Balaban J connectivity index is 1.35. The third-order valence-electron chi connectivity index (χ3n) is 6.06. The summed E-state index contributed by atoms with van der Waals surface area (Å²) in [5, 5.41) is 0.705. The van der Waals surface area contributed by atoms with Crippen molar-refractivity contribution in [2.45, 2.75) is 31.6 Å². The standard InChI is InChI=1S/C26H25NO9S2/c1-15-24(34-17(3)28)16(2)26(29)36-25(15)22-13-18-12-19(4-6-21(18)35-22)33-14-20-5-7-23(37-20)38(30,31)27-8-10-32-11-9-27/h4-7,12-13H,8-11,14H2,1-3H3. The van der Waals surface area contributed by atoms with Crippen molar-refractivity contribution in [1.82, 2.24) is 4.31 Å². The number of carbonyl (C=O) groups excluding carboxylic acids is 1. The van der Waals surface area contributed by atoms with Gasteiger partial charge in [-0.15, -0.1) is 11.3 Å². The number of rotatable bonds is 7. The minimum atomic E-state index is -3.55. The van der Waals surface area contributed by atoms with Crippen LogP contribution in [-0.2, 0) is 26.2 Å². The second kappa shape index (κ2) is 10.4. The summed E-state index contributed by atoms with van der Waals surface area (Å²) in [5.74, 6) is 0.632. The maximum absolute atomic E-state index is 12.9. The summed E-state index contributed by atoms with van der Waals surface area (Å²) in [7, 11) is -3.55. The molecule has 3 aromatic heterocycles. The van der Waals surface area contributed by atoms with Crippen LogP contribution in [-0.4, -0.2) is 45.0 Å². The van der Waals surface area contributed by atoms with Crippen molar-refractivity contribution >= 4 is 38.3 Å². The van der Waals surface area contributed by atoms with E-state index in [0.717, 1.165) is 4.88 Å². The molecule has 4 heterocycles. The highest BCUT2D eigenvalue weighted by molar-refractivity contribution is 7.91. The minimum absolute atomic E-state index is 0.152. The molecule has 10 nitrogen and oxygen atoms in total. The number of nitrogens with zero attached hydrogens (tertiary/aromatic N) is 1. The van der Waals surface area contributed by atoms with Gasteiger partial charge >= 0.3 is 11.6 Å². The molecule has 1 aliphatic rings. The molecule has 1 fully saturated rings. The molecular formula is C26H25NO9S2. The second-order valence-corrected chi connectivity index (χ2v) is 12.1. The van der Waals surface area contributed by atoms with E-state index in [1.807, 2.05) is 0 Å². The van der Waals surface area contributed by atoms with Crippen molar-refractivity contribution in [2.75, 3.05) is 26.3 Å². The quantitative estimate of drug-likeness (QED) is 0.305. The molecule has 0 spiro atoms. The molecule has 0 bridgehead atoms. The number of carbonyl (C=O) groups is 1. The monoisotopic (exact) mass is 559 g/mol. The van der Waals surface area contributed by atoms with Crippen molar-refractivity contribution in [3.63, 3.8) is 0 Å². The van der Waals surface area contributed by atoms with Gasteiger partial charge in [-0.25, -0.2) is 13.2 Å². The molecule has 38 heavy (non-hydrogen) atoms. The Hall–Kier alpha value is -3.45. The summed E-state index contributed by atoms with van der Waals surface area (Å²) in [5.41, 5.74) is 0.576. The summed E-state index contributed by atoms with van der Waals surface area (Å²) in [6.07, 6.45) is 0. The highest BCUT2D eigenvalue weighted by atomic mass is 32.2. The lowest BCUT2D eigenvalue weighted by Gasteiger charge is -2.25. The Morgan fingerprint density at radius 3 is 2.55 bits per heavy atom. The largest absolute Gasteiger partial charge is 0.488 e. The van der Waals surface area contributed by atoms with E-state index in [1.54, 1.807) is 43.3 Å². The van der Waals surface area contributed by atoms with E-state index in [0.29, 0.717) is 54.3 Å². The Bertz CT molecular complexity index is 1670. The number of esters is 1. The molecule has 0 radical (unpaired) electrons. The molecule has 4 aromatic rings. The van der Waals surface area contributed by atoms with E-state index in [1.165, 1.54) is 29.5 Å². The van der Waals surface area contributed by atoms with Crippen LogP contribution in [0.15, 0.2) is 54.2 Å². The number of hydrogen-bond acceptors (Lipinski definition) is 10. The van der Waals surface area contributed by atoms with E-state index in [-0.39, 0.29) is 27.9 Å². The van der Waals surface area contributed by atoms with Crippen molar-refractivity contribution < 1.29 is 36.3 Å². The first kappa shape index (κ1) is 26.2. The van der Waals surface area contributed by atoms with E-state index in [9.17, 15) is 18.0 Å². The molecule has 0 unspecified atom stereocenters. The van der Waals surface area contributed by atoms with Crippen LogP contribution < -0.4 is 15.1 Å². The second-order valence-electron chi connectivity index (χ2n) is 8.73. The number of furan rings is 1. The third-order valence-corrected chi connectivity index (χ3v) is 9.49. The lowest BCUT2D eigenvalue weighted by molar-refractivity contribution is -0.132. The van der Waals surface area contributed by atoms with Crippen LogP contribution in [0.4, 0.5) is 0 Å². The van der Waals surface area contributed by atoms with Gasteiger partial charge in [0.15, 0.2) is 11.5 Å². The molecular weight excluding hydrogens is 534 g/mol. The summed E-state index contributed by atoms with van der Waals surface area (Å²) < 4.78 is 55.2. The van der Waals surface area contributed by atoms with Crippen molar-refractivity contribution in [3.05, 3.63) is 62.8 Å². The van der Waals surface area contributed by atoms with E-state index in [4.69, 9.17) is 23.0 Å². The lowest BCUT2D eigenvalue weighted by Crippen LogP contribution is -2.40. The maximum Gasteiger partial charge on any atom is 0.343 e.